The zero-order chi connectivity index (χ0) is 27.0. The minimum atomic E-state index is -0.333. The summed E-state index contributed by atoms with van der Waals surface area (Å²) in [5.41, 5.74) is 4.40. The number of rotatable bonds is 7. The van der Waals surface area contributed by atoms with Gasteiger partial charge in [0.1, 0.15) is 23.4 Å². The van der Waals surface area contributed by atoms with Gasteiger partial charge in [0.15, 0.2) is 0 Å². The number of hydrogen-bond acceptors (Lipinski definition) is 7. The third kappa shape index (κ3) is 4.79. The Morgan fingerprint density at radius 2 is 2.18 bits per heavy atom. The second-order valence-corrected chi connectivity index (χ2v) is 11.3. The molecule has 10 nitrogen and oxygen atoms in total. The van der Waals surface area contributed by atoms with Crippen LogP contribution < -0.4 is 5.32 Å². The average Bonchev–Trinajstić information content (AvgIpc) is 3.55. The summed E-state index contributed by atoms with van der Waals surface area (Å²) in [7, 11) is 1.94. The van der Waals surface area contributed by atoms with Crippen molar-refractivity contribution in [2.45, 2.75) is 51.0 Å². The number of aromatic amines is 1. The molecule has 1 saturated heterocycles. The van der Waals surface area contributed by atoms with Gasteiger partial charge >= 0.3 is 0 Å². The first kappa shape index (κ1) is 25.2. The van der Waals surface area contributed by atoms with Gasteiger partial charge in [-0.05, 0) is 73.4 Å². The molecule has 39 heavy (non-hydrogen) atoms. The molecule has 0 spiro atoms. The molecule has 1 atom stereocenters. The van der Waals surface area contributed by atoms with Crippen molar-refractivity contribution >= 4 is 22.6 Å². The van der Waals surface area contributed by atoms with Crippen molar-refractivity contribution in [2.75, 3.05) is 18.4 Å². The van der Waals surface area contributed by atoms with E-state index >= 15 is 0 Å². The first-order valence-electron chi connectivity index (χ1n) is 13.6. The van der Waals surface area contributed by atoms with Crippen molar-refractivity contribution in [3.63, 3.8) is 0 Å². The molecule has 0 radical (unpaired) electrons. The van der Waals surface area contributed by atoms with Crippen LogP contribution in [-0.2, 0) is 19.0 Å². The van der Waals surface area contributed by atoms with Gasteiger partial charge in [0.2, 0.25) is 0 Å². The molecule has 2 aliphatic rings. The fourth-order valence-corrected chi connectivity index (χ4v) is 6.47. The Balaban J connectivity index is 1.26. The van der Waals surface area contributed by atoms with E-state index in [0.717, 1.165) is 54.9 Å². The largest absolute Gasteiger partial charge is 0.321 e. The smallest absolute Gasteiger partial charge is 0.274 e. The number of carbonyl (C=O) groups is 1. The number of piperidine rings is 1. The number of aryl methyl sites for hydroxylation is 1. The number of aromatic nitrogens is 6. The second kappa shape index (κ2) is 10.2. The van der Waals surface area contributed by atoms with E-state index in [1.807, 2.05) is 35.9 Å². The van der Waals surface area contributed by atoms with Crippen LogP contribution in [0.3, 0.4) is 0 Å². The molecule has 1 saturated carbocycles. The Bertz CT molecular complexity index is 1540. The molecule has 1 aliphatic heterocycles. The van der Waals surface area contributed by atoms with E-state index in [4.69, 9.17) is 0 Å². The van der Waals surface area contributed by atoms with Crippen LogP contribution in [0.5, 0.6) is 0 Å². The third-order valence-corrected chi connectivity index (χ3v) is 8.33. The van der Waals surface area contributed by atoms with Crippen molar-refractivity contribution in [1.82, 2.24) is 34.8 Å². The van der Waals surface area contributed by atoms with Gasteiger partial charge in [-0.2, -0.15) is 10.4 Å². The second-order valence-electron chi connectivity index (χ2n) is 11.3. The van der Waals surface area contributed by atoms with Crippen LogP contribution in [0.2, 0.25) is 0 Å². The zero-order valence-corrected chi connectivity index (χ0v) is 22.4. The molecular formula is C29H33N9O. The van der Waals surface area contributed by atoms with Gasteiger partial charge in [0.25, 0.3) is 5.91 Å². The molecule has 3 aromatic heterocycles. The van der Waals surface area contributed by atoms with Crippen molar-refractivity contribution < 1.29 is 4.79 Å². The zero-order valence-electron chi connectivity index (χ0n) is 22.4. The Morgan fingerprint density at radius 3 is 2.95 bits per heavy atom. The number of pyridine rings is 1. The molecule has 10 heteroatoms. The van der Waals surface area contributed by atoms with E-state index in [0.29, 0.717) is 35.2 Å². The molecule has 6 rings (SSSR count). The summed E-state index contributed by atoms with van der Waals surface area (Å²) < 4.78 is 1.95. The van der Waals surface area contributed by atoms with Gasteiger partial charge in [-0.25, -0.2) is 4.98 Å². The van der Waals surface area contributed by atoms with E-state index < -0.39 is 0 Å². The Morgan fingerprint density at radius 1 is 1.31 bits per heavy atom. The standard InChI is InChI=1S/C29H33N9O/c1-19-5-4-10-38(16-19)17-21-11-24(34-25-15-31-35-26(21)25)27(39)33-23-7-3-6-22(12-23)29(13-20(14-29)8-9-30)28-36-32-18-37(28)2/h3,6-7,11-12,15,18-20H,4-5,8,10,13-14,16-17H2,1-2H3,(H,31,35)(H,33,39)/t19-,20?,29?/m0/s1. The molecule has 1 aromatic carbocycles. The van der Waals surface area contributed by atoms with Gasteiger partial charge in [0, 0.05) is 32.2 Å². The molecule has 1 amide bonds. The monoisotopic (exact) mass is 523 g/mol. The number of H-pyrrole nitrogens is 1. The molecule has 4 aromatic rings. The van der Waals surface area contributed by atoms with Gasteiger partial charge in [-0.1, -0.05) is 19.1 Å². The SMILES string of the molecule is C[C@H]1CCCN(Cc2cc(C(=O)Nc3cccc(C4(c5nncn5C)CC(CC#N)C4)c3)nc3cn[nH]c23)C1. The van der Waals surface area contributed by atoms with Crippen LogP contribution >= 0.6 is 0 Å². The lowest BCUT2D eigenvalue weighted by atomic mass is 9.57. The minimum Gasteiger partial charge on any atom is -0.321 e. The summed E-state index contributed by atoms with van der Waals surface area (Å²) in [6, 6.07) is 12.1. The van der Waals surface area contributed by atoms with Crippen LogP contribution in [0.4, 0.5) is 5.69 Å². The molecule has 1 aliphatic carbocycles. The normalized spacial score (nSPS) is 23.3. The molecular weight excluding hydrogens is 490 g/mol. The van der Waals surface area contributed by atoms with E-state index in [1.54, 1.807) is 12.5 Å². The molecule has 4 heterocycles. The van der Waals surface area contributed by atoms with Crippen molar-refractivity contribution in [2.24, 2.45) is 18.9 Å². The molecule has 200 valence electrons. The maximum absolute atomic E-state index is 13.5. The summed E-state index contributed by atoms with van der Waals surface area (Å²) in [5, 5.41) is 28.1. The van der Waals surface area contributed by atoms with Crippen LogP contribution in [0, 0.1) is 23.2 Å². The Kier molecular flexibility index (Phi) is 6.61. The maximum atomic E-state index is 13.5. The van der Waals surface area contributed by atoms with E-state index in [1.165, 1.54) is 12.8 Å². The summed E-state index contributed by atoms with van der Waals surface area (Å²) in [4.78, 5) is 20.5. The number of carbonyl (C=O) groups excluding carboxylic acids is 1. The number of likely N-dealkylation sites (tertiary alicyclic amines) is 1. The van der Waals surface area contributed by atoms with Crippen LogP contribution in [0.1, 0.15) is 66.5 Å². The molecule has 2 N–H and O–H groups in total. The van der Waals surface area contributed by atoms with Crippen LogP contribution in [0.15, 0.2) is 42.9 Å². The van der Waals surface area contributed by atoms with Gasteiger partial charge in [-0.15, -0.1) is 10.2 Å². The topological polar surface area (TPSA) is 128 Å². The number of nitriles is 1. The highest BCUT2D eigenvalue weighted by molar-refractivity contribution is 6.04. The summed E-state index contributed by atoms with van der Waals surface area (Å²) in [6.07, 6.45) is 8.00. The van der Waals surface area contributed by atoms with Crippen LogP contribution in [-0.4, -0.2) is 53.8 Å². The molecule has 2 fully saturated rings. The highest BCUT2D eigenvalue weighted by atomic mass is 16.1. The quantitative estimate of drug-likeness (QED) is 0.372. The predicted octanol–water partition coefficient (Wildman–Crippen LogP) is 4.18. The lowest BCUT2D eigenvalue weighted by molar-refractivity contribution is 0.102. The number of anilines is 1. The van der Waals surface area contributed by atoms with Gasteiger partial charge in [0.05, 0.1) is 23.2 Å². The summed E-state index contributed by atoms with van der Waals surface area (Å²) >= 11 is 0. The molecule has 0 bridgehead atoms. The third-order valence-electron chi connectivity index (χ3n) is 8.33. The Hall–Kier alpha value is -4.10. The first-order chi connectivity index (χ1) is 18.9. The van der Waals surface area contributed by atoms with E-state index in [9.17, 15) is 10.1 Å². The minimum absolute atomic E-state index is 0.257. The number of nitrogens with zero attached hydrogens (tertiary/aromatic N) is 7. The Labute approximate surface area is 227 Å². The maximum Gasteiger partial charge on any atom is 0.274 e. The number of benzene rings is 1. The number of amides is 1. The molecule has 0 unspecified atom stereocenters. The fourth-order valence-electron chi connectivity index (χ4n) is 6.47. The van der Waals surface area contributed by atoms with Crippen molar-refractivity contribution in [1.29, 1.82) is 5.26 Å². The highest BCUT2D eigenvalue weighted by Crippen LogP contribution is 2.53. The van der Waals surface area contributed by atoms with Gasteiger partial charge < -0.3 is 9.88 Å². The summed E-state index contributed by atoms with van der Waals surface area (Å²) in [5.74, 6) is 1.61. The first-order valence-corrected chi connectivity index (χ1v) is 13.6. The highest BCUT2D eigenvalue weighted by Gasteiger charge is 2.49. The number of hydrogen-bond donors (Lipinski definition) is 2. The number of nitrogens with one attached hydrogen (secondary N) is 2. The van der Waals surface area contributed by atoms with Crippen molar-refractivity contribution in [3.8, 4) is 6.07 Å². The lowest BCUT2D eigenvalue weighted by Crippen LogP contribution is -2.44. The number of fused-ring (bicyclic) bond motifs is 1. The van der Waals surface area contributed by atoms with E-state index in [-0.39, 0.29) is 11.3 Å². The van der Waals surface area contributed by atoms with E-state index in [2.05, 4.69) is 54.7 Å². The fraction of sp³-hybridized carbons (Fsp3) is 0.448. The van der Waals surface area contributed by atoms with Crippen LogP contribution in [0.25, 0.3) is 11.0 Å². The van der Waals surface area contributed by atoms with Gasteiger partial charge in [-0.3, -0.25) is 14.8 Å². The summed E-state index contributed by atoms with van der Waals surface area (Å²) in [6.45, 7) is 5.15. The van der Waals surface area contributed by atoms with Crippen molar-refractivity contribution in [3.05, 3.63) is 65.5 Å². The average molecular weight is 524 g/mol. The predicted molar refractivity (Wildman–Crippen MR) is 147 cm³/mol. The lowest BCUT2D eigenvalue weighted by Gasteiger charge is -2.46.